The topological polar surface area (TPSA) is 230 Å². The van der Waals surface area contributed by atoms with Crippen LogP contribution in [0, 0.1) is 0 Å². The van der Waals surface area contributed by atoms with Crippen molar-refractivity contribution in [2.75, 3.05) is 0 Å². The van der Waals surface area contributed by atoms with Crippen molar-refractivity contribution < 1.29 is 87.1 Å². The van der Waals surface area contributed by atoms with Crippen LogP contribution in [0.4, 0.5) is 0 Å². The van der Waals surface area contributed by atoms with Crippen LogP contribution in [-0.4, -0.2) is 23.9 Å². The van der Waals surface area contributed by atoms with Crippen molar-refractivity contribution >= 4 is 23.9 Å². The third-order valence-corrected chi connectivity index (χ3v) is 0.333. The fraction of sp³-hybridized carbons (Fsp3) is 0. The number of rotatable bonds is 0. The first-order valence-corrected chi connectivity index (χ1v) is 3.82. The SMILES string of the molecule is N.O=C([O-])C(=O)[O-].O=C([O-])C(=O)[O-].[O]=[Ti+2].[O]=[Ti+2]. The first kappa shape index (κ1) is 29.7. The fourth-order valence-electron chi connectivity index (χ4n) is 0. The Morgan fingerprint density at radius 1 is 0.529 bits per heavy atom. The Balaban J connectivity index is -0.0000000417. The van der Waals surface area contributed by atoms with E-state index in [4.69, 9.17) is 46.3 Å². The van der Waals surface area contributed by atoms with Gasteiger partial charge in [-0.3, -0.25) is 0 Å². The first-order chi connectivity index (χ1) is 7.29. The standard InChI is InChI=1S/2C2H2O4.H3N.2O.2Ti/c2*3-1(4)2(5)6;;;;;/h2*(H,3,4)(H,5,6);1H3;;;;/q;;;;;2*+2/p-4. The molecule has 17 heavy (non-hydrogen) atoms. The first-order valence-electron chi connectivity index (χ1n) is 2.54. The number of carbonyl (C=O) groups excluding carboxylic acids is 4. The summed E-state index contributed by atoms with van der Waals surface area (Å²) in [4.78, 5) is 35.7. The van der Waals surface area contributed by atoms with Gasteiger partial charge in [-0.25, -0.2) is 0 Å². The molecule has 13 heteroatoms. The van der Waals surface area contributed by atoms with Crippen LogP contribution < -0.4 is 26.6 Å². The van der Waals surface area contributed by atoms with Crippen molar-refractivity contribution in [3.8, 4) is 0 Å². The van der Waals surface area contributed by atoms with Gasteiger partial charge < -0.3 is 45.8 Å². The third-order valence-electron chi connectivity index (χ3n) is 0.333. The number of carbonyl (C=O) groups is 4. The van der Waals surface area contributed by atoms with E-state index >= 15 is 0 Å². The number of aliphatic carboxylic acids is 4. The van der Waals surface area contributed by atoms with E-state index in [0.29, 0.717) is 0 Å². The molecule has 0 unspecified atom stereocenters. The van der Waals surface area contributed by atoms with E-state index in [1.54, 1.807) is 0 Å². The molecule has 0 fully saturated rings. The number of hydrogen-bond acceptors (Lipinski definition) is 11. The minimum atomic E-state index is -2.19. The molecule has 0 spiro atoms. The van der Waals surface area contributed by atoms with E-state index in [1.165, 1.54) is 0 Å². The van der Waals surface area contributed by atoms with Gasteiger partial charge in [-0.1, -0.05) is 0 Å². The van der Waals surface area contributed by atoms with Gasteiger partial charge in [0.2, 0.25) is 0 Å². The maximum atomic E-state index is 8.93. The molecule has 0 aliphatic rings. The molecule has 0 heterocycles. The van der Waals surface area contributed by atoms with Gasteiger partial charge in [-0.2, -0.15) is 0 Å². The molecule has 3 N–H and O–H groups in total. The van der Waals surface area contributed by atoms with Crippen molar-refractivity contribution in [1.82, 2.24) is 6.15 Å². The monoisotopic (exact) mass is 321 g/mol. The van der Waals surface area contributed by atoms with Crippen LogP contribution in [0.3, 0.4) is 0 Å². The summed E-state index contributed by atoms with van der Waals surface area (Å²) in [6.45, 7) is 0. The molecule has 0 radical (unpaired) electrons. The van der Waals surface area contributed by atoms with Gasteiger partial charge in [-0.05, 0) is 0 Å². The van der Waals surface area contributed by atoms with E-state index in [9.17, 15) is 0 Å². The van der Waals surface area contributed by atoms with Gasteiger partial charge in [0.1, 0.15) is 0 Å². The van der Waals surface area contributed by atoms with Gasteiger partial charge in [0.15, 0.2) is 0 Å². The predicted molar refractivity (Wildman–Crippen MR) is 26.4 cm³/mol. The molecule has 0 rings (SSSR count). The van der Waals surface area contributed by atoms with E-state index in [0.717, 1.165) is 40.8 Å². The number of hydrogen-bond donors (Lipinski definition) is 1. The fourth-order valence-corrected chi connectivity index (χ4v) is 0. The zero-order valence-corrected chi connectivity index (χ0v) is 10.9. The molecule has 11 nitrogen and oxygen atoms in total. The Hall–Kier alpha value is -1.13. The molecular formula is C4H3NO10Ti2. The summed E-state index contributed by atoms with van der Waals surface area (Å²) in [7, 11) is 0. The molecule has 0 aromatic heterocycles. The average molecular weight is 321 g/mol. The van der Waals surface area contributed by atoms with Crippen molar-refractivity contribution in [3.63, 3.8) is 0 Å². The second-order valence-corrected chi connectivity index (χ2v) is 1.15. The molecular weight excluding hydrogens is 318 g/mol. The summed E-state index contributed by atoms with van der Waals surface area (Å²) in [6.07, 6.45) is 0. The van der Waals surface area contributed by atoms with Gasteiger partial charge in [-0.15, -0.1) is 0 Å². The van der Waals surface area contributed by atoms with Crippen molar-refractivity contribution in [3.05, 3.63) is 0 Å². The summed E-state index contributed by atoms with van der Waals surface area (Å²) in [5.41, 5.74) is 0. The van der Waals surface area contributed by atoms with Crippen LogP contribution in [0.15, 0.2) is 0 Å². The molecule has 0 aliphatic heterocycles. The molecule has 0 saturated heterocycles. The van der Waals surface area contributed by atoms with E-state index in [2.05, 4.69) is 0 Å². The van der Waals surface area contributed by atoms with Crippen molar-refractivity contribution in [1.29, 1.82) is 0 Å². The Labute approximate surface area is 117 Å². The molecule has 0 aliphatic carbocycles. The van der Waals surface area contributed by atoms with Crippen LogP contribution in [-0.2, 0) is 66.6 Å². The van der Waals surface area contributed by atoms with Crippen LogP contribution >= 0.6 is 0 Å². The van der Waals surface area contributed by atoms with Gasteiger partial charge >= 0.3 is 47.5 Å². The van der Waals surface area contributed by atoms with Crippen LogP contribution in [0.25, 0.3) is 0 Å². The third kappa shape index (κ3) is 52.2. The Kier molecular flexibility index (Phi) is 42.3. The molecule has 0 aromatic carbocycles. The van der Waals surface area contributed by atoms with E-state index in [-0.39, 0.29) is 6.15 Å². The quantitative estimate of drug-likeness (QED) is 0.325. The zero-order valence-electron chi connectivity index (χ0n) is 7.79. The van der Waals surface area contributed by atoms with E-state index < -0.39 is 23.9 Å². The van der Waals surface area contributed by atoms with Gasteiger partial charge in [0.05, 0.1) is 23.9 Å². The molecule has 0 amide bonds. The molecule has 0 aromatic rings. The zero-order chi connectivity index (χ0) is 14.3. The maximum absolute atomic E-state index is 8.93. The molecule has 0 atom stereocenters. The molecule has 92 valence electrons. The predicted octanol–water partition coefficient (Wildman–Crippen LogP) is -7.11. The summed E-state index contributed by atoms with van der Waals surface area (Å²) >= 11 is 1.50. The molecule has 0 bridgehead atoms. The van der Waals surface area contributed by atoms with E-state index in [1.807, 2.05) is 0 Å². The minimum absolute atomic E-state index is 0. The second kappa shape index (κ2) is 24.2. The van der Waals surface area contributed by atoms with Crippen molar-refractivity contribution in [2.45, 2.75) is 0 Å². The van der Waals surface area contributed by atoms with Gasteiger partial charge in [0, 0.05) is 0 Å². The number of carboxylic acid groups (broad SMARTS) is 4. The normalized spacial score (nSPS) is 5.88. The summed E-state index contributed by atoms with van der Waals surface area (Å²) in [5, 5.41) is 35.7. The summed E-state index contributed by atoms with van der Waals surface area (Å²) in [5.74, 6) is -8.74. The summed E-state index contributed by atoms with van der Waals surface area (Å²) in [6, 6.07) is 0. The summed E-state index contributed by atoms with van der Waals surface area (Å²) < 4.78 is 16.5. The van der Waals surface area contributed by atoms with Crippen LogP contribution in [0.2, 0.25) is 0 Å². The van der Waals surface area contributed by atoms with Gasteiger partial charge in [0.25, 0.3) is 0 Å². The van der Waals surface area contributed by atoms with Crippen LogP contribution in [0.5, 0.6) is 0 Å². The second-order valence-electron chi connectivity index (χ2n) is 1.15. The Morgan fingerprint density at radius 2 is 0.588 bits per heavy atom. The van der Waals surface area contributed by atoms with Crippen LogP contribution in [0.1, 0.15) is 0 Å². The molecule has 0 saturated carbocycles. The number of carboxylic acids is 4. The average Bonchev–Trinajstić information content (AvgIpc) is 2.24. The Bertz CT molecular complexity index is 205. The Morgan fingerprint density at radius 3 is 0.588 bits per heavy atom. The van der Waals surface area contributed by atoms with Crippen molar-refractivity contribution in [2.24, 2.45) is 0 Å².